The quantitative estimate of drug-likeness (QED) is 0.700. The Morgan fingerprint density at radius 3 is 2.56 bits per heavy atom. The van der Waals surface area contributed by atoms with E-state index in [9.17, 15) is 4.79 Å². The summed E-state index contributed by atoms with van der Waals surface area (Å²) in [6.07, 6.45) is 1.14. The third-order valence-electron chi connectivity index (χ3n) is 2.83. The number of hydrogen-bond acceptors (Lipinski definition) is 3. The molecule has 0 aromatic heterocycles. The molecule has 0 aliphatic carbocycles. The van der Waals surface area contributed by atoms with E-state index in [4.69, 9.17) is 4.74 Å². The minimum absolute atomic E-state index is 0.0345. The van der Waals surface area contributed by atoms with Gasteiger partial charge in [-0.1, -0.05) is 51.1 Å². The predicted octanol–water partition coefficient (Wildman–Crippen LogP) is 3.90. The highest BCUT2D eigenvalue weighted by Crippen LogP contribution is 2.18. The summed E-state index contributed by atoms with van der Waals surface area (Å²) < 4.78 is 5.30. The van der Waals surface area contributed by atoms with Crippen molar-refractivity contribution < 1.29 is 9.53 Å². The monoisotopic (exact) mass is 266 g/mol. The number of hydrogen-bond donors (Lipinski definition) is 0. The minimum atomic E-state index is -0.102. The van der Waals surface area contributed by atoms with Crippen molar-refractivity contribution >= 4 is 17.7 Å². The molecule has 0 heterocycles. The highest BCUT2D eigenvalue weighted by Gasteiger charge is 2.15. The van der Waals surface area contributed by atoms with Crippen LogP contribution in [0.25, 0.3) is 0 Å². The molecular weight excluding hydrogens is 244 g/mol. The van der Waals surface area contributed by atoms with Gasteiger partial charge in [0.1, 0.15) is 6.61 Å². The lowest BCUT2D eigenvalue weighted by Crippen LogP contribution is -2.17. The van der Waals surface area contributed by atoms with Crippen molar-refractivity contribution in [3.8, 4) is 0 Å². The first kappa shape index (κ1) is 15.1. The smallest absolute Gasteiger partial charge is 0.309 e. The lowest BCUT2D eigenvalue weighted by Gasteiger charge is -2.13. The van der Waals surface area contributed by atoms with Crippen LogP contribution in [-0.4, -0.2) is 17.0 Å². The maximum atomic E-state index is 11.8. The molecule has 0 radical (unpaired) electrons. The molecule has 0 amide bonds. The average molecular weight is 266 g/mol. The molecule has 100 valence electrons. The van der Waals surface area contributed by atoms with Gasteiger partial charge in [-0.15, -0.1) is 0 Å². The van der Waals surface area contributed by atoms with Gasteiger partial charge < -0.3 is 4.74 Å². The molecule has 0 N–H and O–H groups in total. The maximum absolute atomic E-state index is 11.8. The van der Waals surface area contributed by atoms with Gasteiger partial charge in [0, 0.05) is 11.0 Å². The molecule has 1 rings (SSSR count). The van der Waals surface area contributed by atoms with Gasteiger partial charge in [-0.25, -0.2) is 0 Å². The molecule has 0 bridgehead atoms. The van der Waals surface area contributed by atoms with Crippen molar-refractivity contribution in [1.82, 2.24) is 0 Å². The fraction of sp³-hybridized carbons (Fsp3) is 0.533. The van der Waals surface area contributed by atoms with E-state index in [0.717, 1.165) is 17.7 Å². The number of rotatable bonds is 7. The zero-order valence-electron chi connectivity index (χ0n) is 11.4. The lowest BCUT2D eigenvalue weighted by molar-refractivity contribution is -0.148. The van der Waals surface area contributed by atoms with Crippen molar-refractivity contribution in [2.45, 2.75) is 39.0 Å². The van der Waals surface area contributed by atoms with Crippen LogP contribution in [0.1, 0.15) is 32.8 Å². The first-order valence-electron chi connectivity index (χ1n) is 6.45. The van der Waals surface area contributed by atoms with Crippen LogP contribution >= 0.6 is 11.8 Å². The molecule has 1 aromatic carbocycles. The summed E-state index contributed by atoms with van der Waals surface area (Å²) in [4.78, 5) is 11.8. The predicted molar refractivity (Wildman–Crippen MR) is 77.6 cm³/mol. The molecule has 0 saturated heterocycles. The first-order chi connectivity index (χ1) is 8.63. The van der Waals surface area contributed by atoms with Gasteiger partial charge in [0.15, 0.2) is 0 Å². The molecule has 3 heteroatoms. The SMILES string of the molecule is CCC(C)SCC(C)C(=O)OCc1ccccc1. The number of esters is 1. The van der Waals surface area contributed by atoms with E-state index >= 15 is 0 Å². The number of benzene rings is 1. The Kier molecular flexibility index (Phi) is 6.88. The summed E-state index contributed by atoms with van der Waals surface area (Å²) in [5, 5.41) is 0.606. The van der Waals surface area contributed by atoms with E-state index in [2.05, 4.69) is 13.8 Å². The molecule has 0 spiro atoms. The molecule has 0 saturated carbocycles. The van der Waals surface area contributed by atoms with Crippen LogP contribution in [-0.2, 0) is 16.1 Å². The second kappa shape index (κ2) is 8.20. The van der Waals surface area contributed by atoms with Crippen LogP contribution in [0.3, 0.4) is 0 Å². The molecule has 2 atom stereocenters. The van der Waals surface area contributed by atoms with Crippen LogP contribution in [0.4, 0.5) is 0 Å². The van der Waals surface area contributed by atoms with E-state index < -0.39 is 0 Å². The highest BCUT2D eigenvalue weighted by molar-refractivity contribution is 7.99. The fourth-order valence-electron chi connectivity index (χ4n) is 1.37. The Morgan fingerprint density at radius 1 is 1.28 bits per heavy atom. The third kappa shape index (κ3) is 5.58. The Labute approximate surface area is 114 Å². The van der Waals surface area contributed by atoms with E-state index in [0.29, 0.717) is 11.9 Å². The highest BCUT2D eigenvalue weighted by atomic mass is 32.2. The van der Waals surface area contributed by atoms with Crippen LogP contribution < -0.4 is 0 Å². The standard InChI is InChI=1S/C15H22O2S/c1-4-13(3)18-11-12(2)15(16)17-10-14-8-6-5-7-9-14/h5-9,12-13H,4,10-11H2,1-3H3. The normalized spacial score (nSPS) is 13.9. The van der Waals surface area contributed by atoms with Crippen LogP contribution in [0.2, 0.25) is 0 Å². The molecule has 1 aromatic rings. The Balaban J connectivity index is 2.28. The Morgan fingerprint density at radius 2 is 1.94 bits per heavy atom. The molecule has 18 heavy (non-hydrogen) atoms. The average Bonchev–Trinajstić information content (AvgIpc) is 2.42. The van der Waals surface area contributed by atoms with Gasteiger partial charge in [0.25, 0.3) is 0 Å². The number of carbonyl (C=O) groups is 1. The summed E-state index contributed by atoms with van der Waals surface area (Å²) >= 11 is 1.83. The zero-order valence-corrected chi connectivity index (χ0v) is 12.2. The van der Waals surface area contributed by atoms with Crippen LogP contribution in [0.15, 0.2) is 30.3 Å². The largest absolute Gasteiger partial charge is 0.461 e. The number of carbonyl (C=O) groups excluding carboxylic acids is 1. The number of thioether (sulfide) groups is 1. The van der Waals surface area contributed by atoms with E-state index in [1.807, 2.05) is 49.0 Å². The maximum Gasteiger partial charge on any atom is 0.309 e. The summed E-state index contributed by atoms with van der Waals surface area (Å²) in [5.41, 5.74) is 1.03. The number of ether oxygens (including phenoxy) is 1. The molecule has 2 unspecified atom stereocenters. The minimum Gasteiger partial charge on any atom is -0.461 e. The topological polar surface area (TPSA) is 26.3 Å². The Hall–Kier alpha value is -0.960. The van der Waals surface area contributed by atoms with Gasteiger partial charge in [-0.3, -0.25) is 4.79 Å². The van der Waals surface area contributed by atoms with Gasteiger partial charge >= 0.3 is 5.97 Å². The first-order valence-corrected chi connectivity index (χ1v) is 7.50. The van der Waals surface area contributed by atoms with Crippen molar-refractivity contribution in [3.05, 3.63) is 35.9 Å². The third-order valence-corrected chi connectivity index (χ3v) is 4.43. The van der Waals surface area contributed by atoms with Gasteiger partial charge in [-0.05, 0) is 12.0 Å². The van der Waals surface area contributed by atoms with Crippen LogP contribution in [0.5, 0.6) is 0 Å². The molecule has 0 aliphatic rings. The van der Waals surface area contributed by atoms with E-state index in [1.54, 1.807) is 0 Å². The molecular formula is C15H22O2S. The van der Waals surface area contributed by atoms with Crippen molar-refractivity contribution in [3.63, 3.8) is 0 Å². The fourth-order valence-corrected chi connectivity index (χ4v) is 2.35. The second-order valence-electron chi connectivity index (χ2n) is 4.55. The molecule has 2 nitrogen and oxygen atoms in total. The van der Waals surface area contributed by atoms with Crippen molar-refractivity contribution in [1.29, 1.82) is 0 Å². The molecule has 0 aliphatic heterocycles. The summed E-state index contributed by atoms with van der Waals surface area (Å²) in [7, 11) is 0. The zero-order chi connectivity index (χ0) is 13.4. The summed E-state index contributed by atoms with van der Waals surface area (Å²) in [6.45, 7) is 6.66. The van der Waals surface area contributed by atoms with Gasteiger partial charge in [0.05, 0.1) is 5.92 Å². The van der Waals surface area contributed by atoms with Gasteiger partial charge in [-0.2, -0.15) is 11.8 Å². The summed E-state index contributed by atoms with van der Waals surface area (Å²) in [6, 6.07) is 9.78. The van der Waals surface area contributed by atoms with Crippen molar-refractivity contribution in [2.75, 3.05) is 5.75 Å². The van der Waals surface area contributed by atoms with E-state index in [-0.39, 0.29) is 11.9 Å². The van der Waals surface area contributed by atoms with E-state index in [1.165, 1.54) is 0 Å². The second-order valence-corrected chi connectivity index (χ2v) is 6.02. The lowest BCUT2D eigenvalue weighted by atomic mass is 10.2. The summed E-state index contributed by atoms with van der Waals surface area (Å²) in [5.74, 6) is 0.699. The molecule has 0 fully saturated rings. The Bertz CT molecular complexity index is 351. The van der Waals surface area contributed by atoms with Crippen molar-refractivity contribution in [2.24, 2.45) is 5.92 Å². The van der Waals surface area contributed by atoms with Gasteiger partial charge in [0.2, 0.25) is 0 Å². The van der Waals surface area contributed by atoms with Crippen LogP contribution in [0, 0.1) is 5.92 Å².